The van der Waals surface area contributed by atoms with Crippen LogP contribution in [0.3, 0.4) is 0 Å². The van der Waals surface area contributed by atoms with Crippen LogP contribution in [0.5, 0.6) is 0 Å². The monoisotopic (exact) mass is 305 g/mol. The molecular formula is C16H23N3O3. The van der Waals surface area contributed by atoms with Gasteiger partial charge in [-0.25, -0.2) is 0 Å². The van der Waals surface area contributed by atoms with Crippen molar-refractivity contribution in [1.29, 1.82) is 0 Å². The number of nitrogens with zero attached hydrogens (tertiary/aromatic N) is 2. The summed E-state index contributed by atoms with van der Waals surface area (Å²) in [4.78, 5) is 24.2. The van der Waals surface area contributed by atoms with E-state index >= 15 is 0 Å². The van der Waals surface area contributed by atoms with E-state index in [1.165, 1.54) is 7.11 Å². The molecule has 2 saturated carbocycles. The lowest BCUT2D eigenvalue weighted by molar-refractivity contribution is -0.148. The summed E-state index contributed by atoms with van der Waals surface area (Å²) in [6.07, 6.45) is 7.28. The first-order valence-corrected chi connectivity index (χ1v) is 7.94. The fourth-order valence-electron chi connectivity index (χ4n) is 4.04. The van der Waals surface area contributed by atoms with Crippen LogP contribution in [0.2, 0.25) is 0 Å². The third kappa shape index (κ3) is 2.87. The number of fused-ring (bicyclic) bond motifs is 2. The third-order valence-electron chi connectivity index (χ3n) is 5.05. The summed E-state index contributed by atoms with van der Waals surface area (Å²) < 4.78 is 6.70. The van der Waals surface area contributed by atoms with Crippen molar-refractivity contribution < 1.29 is 14.3 Å². The number of ether oxygens (including phenoxy) is 1. The topological polar surface area (TPSA) is 73.2 Å². The summed E-state index contributed by atoms with van der Waals surface area (Å²) in [5.41, 5.74) is 1.08. The van der Waals surface area contributed by atoms with Crippen molar-refractivity contribution in [2.45, 2.75) is 45.2 Å². The molecule has 0 radical (unpaired) electrons. The zero-order valence-corrected chi connectivity index (χ0v) is 13.1. The molecule has 1 amide bonds. The van der Waals surface area contributed by atoms with Gasteiger partial charge in [0.25, 0.3) is 0 Å². The van der Waals surface area contributed by atoms with Crippen molar-refractivity contribution in [3.05, 3.63) is 18.0 Å². The van der Waals surface area contributed by atoms with E-state index in [0.29, 0.717) is 24.8 Å². The molecule has 0 saturated heterocycles. The predicted octanol–water partition coefficient (Wildman–Crippen LogP) is 1.29. The number of aryl methyl sites for hydroxylation is 2. The van der Waals surface area contributed by atoms with E-state index in [0.717, 1.165) is 24.8 Å². The van der Waals surface area contributed by atoms with Gasteiger partial charge in [-0.15, -0.1) is 0 Å². The van der Waals surface area contributed by atoms with Gasteiger partial charge >= 0.3 is 5.97 Å². The minimum Gasteiger partial charge on any atom is -0.469 e. The van der Waals surface area contributed by atoms with Crippen molar-refractivity contribution in [3.8, 4) is 0 Å². The molecule has 2 fully saturated rings. The number of nitrogens with one attached hydrogen (secondary N) is 1. The van der Waals surface area contributed by atoms with Crippen molar-refractivity contribution >= 4 is 11.9 Å². The first-order chi connectivity index (χ1) is 10.6. The maximum absolute atomic E-state index is 12.2. The zero-order chi connectivity index (χ0) is 15.7. The highest BCUT2D eigenvalue weighted by molar-refractivity contribution is 5.79. The number of amides is 1. The summed E-state index contributed by atoms with van der Waals surface area (Å²) in [7, 11) is 1.42. The number of carbonyl (C=O) groups excluding carboxylic acids is 2. The van der Waals surface area contributed by atoms with Crippen LogP contribution in [0.1, 0.15) is 31.2 Å². The van der Waals surface area contributed by atoms with Gasteiger partial charge in [-0.2, -0.15) is 5.10 Å². The molecule has 1 aromatic heterocycles. The quantitative estimate of drug-likeness (QED) is 0.832. The lowest BCUT2D eigenvalue weighted by Gasteiger charge is -2.29. The number of hydrogen-bond acceptors (Lipinski definition) is 4. The Labute approximate surface area is 130 Å². The molecule has 22 heavy (non-hydrogen) atoms. The van der Waals surface area contributed by atoms with Crippen molar-refractivity contribution in [2.75, 3.05) is 7.11 Å². The maximum Gasteiger partial charge on any atom is 0.311 e. The van der Waals surface area contributed by atoms with Crippen LogP contribution in [0.4, 0.5) is 0 Å². The SMILES string of the molecule is COC(=O)C1C2CCC(C2)C1NC(=O)CCn1cc(C)cn1. The highest BCUT2D eigenvalue weighted by Gasteiger charge is 2.51. The molecule has 1 heterocycles. The molecule has 3 rings (SSSR count). The van der Waals surface area contributed by atoms with Gasteiger partial charge in [0.1, 0.15) is 0 Å². The van der Waals surface area contributed by atoms with Gasteiger partial charge in [0.15, 0.2) is 0 Å². The lowest BCUT2D eigenvalue weighted by atomic mass is 9.84. The number of hydrogen-bond donors (Lipinski definition) is 1. The Morgan fingerprint density at radius 1 is 1.41 bits per heavy atom. The maximum atomic E-state index is 12.2. The number of rotatable bonds is 5. The summed E-state index contributed by atoms with van der Waals surface area (Å²) in [6.45, 7) is 2.53. The normalized spacial score (nSPS) is 29.5. The molecule has 2 aliphatic carbocycles. The molecule has 2 bridgehead atoms. The molecule has 4 atom stereocenters. The average Bonchev–Trinajstić information content (AvgIpc) is 3.20. The van der Waals surface area contributed by atoms with E-state index in [9.17, 15) is 9.59 Å². The van der Waals surface area contributed by atoms with Crippen molar-refractivity contribution in [3.63, 3.8) is 0 Å². The van der Waals surface area contributed by atoms with Crippen LogP contribution in [-0.4, -0.2) is 34.8 Å². The van der Waals surface area contributed by atoms with Crippen LogP contribution in [-0.2, 0) is 20.9 Å². The second-order valence-electron chi connectivity index (χ2n) is 6.51. The Bertz CT molecular complexity index is 569. The van der Waals surface area contributed by atoms with Gasteiger partial charge in [0, 0.05) is 25.2 Å². The van der Waals surface area contributed by atoms with E-state index in [-0.39, 0.29) is 23.8 Å². The van der Waals surface area contributed by atoms with Crippen LogP contribution in [0.25, 0.3) is 0 Å². The molecule has 6 nitrogen and oxygen atoms in total. The van der Waals surface area contributed by atoms with Gasteiger partial charge in [-0.3, -0.25) is 14.3 Å². The molecule has 6 heteroatoms. The first-order valence-electron chi connectivity index (χ1n) is 7.94. The fraction of sp³-hybridized carbons (Fsp3) is 0.688. The predicted molar refractivity (Wildman–Crippen MR) is 79.8 cm³/mol. The molecule has 1 N–H and O–H groups in total. The molecule has 1 aromatic rings. The fourth-order valence-corrected chi connectivity index (χ4v) is 4.04. The zero-order valence-electron chi connectivity index (χ0n) is 13.1. The summed E-state index contributed by atoms with van der Waals surface area (Å²) in [6, 6.07) is -0.0574. The number of esters is 1. The largest absolute Gasteiger partial charge is 0.469 e. The first kappa shape index (κ1) is 15.1. The van der Waals surface area contributed by atoms with Crippen LogP contribution in [0.15, 0.2) is 12.4 Å². The van der Waals surface area contributed by atoms with Crippen LogP contribution in [0, 0.1) is 24.7 Å². The Morgan fingerprint density at radius 3 is 2.86 bits per heavy atom. The summed E-state index contributed by atoms with van der Waals surface area (Å²) in [5.74, 6) is 0.431. The van der Waals surface area contributed by atoms with Gasteiger partial charge < -0.3 is 10.1 Å². The minimum atomic E-state index is -0.180. The molecule has 2 aliphatic rings. The van der Waals surface area contributed by atoms with E-state index < -0.39 is 0 Å². The molecule has 0 aromatic carbocycles. The van der Waals surface area contributed by atoms with Crippen LogP contribution >= 0.6 is 0 Å². The van der Waals surface area contributed by atoms with E-state index in [4.69, 9.17) is 4.74 Å². The number of methoxy groups -OCH3 is 1. The Kier molecular flexibility index (Phi) is 4.18. The highest BCUT2D eigenvalue weighted by Crippen LogP contribution is 2.48. The number of aromatic nitrogens is 2. The Balaban J connectivity index is 1.57. The summed E-state index contributed by atoms with van der Waals surface area (Å²) in [5, 5.41) is 7.25. The van der Waals surface area contributed by atoms with Crippen molar-refractivity contribution in [1.82, 2.24) is 15.1 Å². The Hall–Kier alpha value is -1.85. The molecule has 0 aliphatic heterocycles. The second-order valence-corrected chi connectivity index (χ2v) is 6.51. The van der Waals surface area contributed by atoms with Crippen LogP contribution < -0.4 is 5.32 Å². The van der Waals surface area contributed by atoms with Gasteiger partial charge in [0.05, 0.1) is 19.2 Å². The van der Waals surface area contributed by atoms with E-state index in [1.54, 1.807) is 10.9 Å². The van der Waals surface area contributed by atoms with E-state index in [1.807, 2.05) is 13.1 Å². The highest BCUT2D eigenvalue weighted by atomic mass is 16.5. The van der Waals surface area contributed by atoms with Gasteiger partial charge in [0.2, 0.25) is 5.91 Å². The standard InChI is InChI=1S/C16H23N3O3/c1-10-8-17-19(9-10)6-5-13(20)18-15-12-4-3-11(7-12)14(15)16(21)22-2/h8-9,11-12,14-15H,3-7H2,1-2H3,(H,18,20). The smallest absolute Gasteiger partial charge is 0.311 e. The lowest BCUT2D eigenvalue weighted by Crippen LogP contribution is -2.47. The number of carbonyl (C=O) groups is 2. The molecule has 120 valence electrons. The second kappa shape index (κ2) is 6.10. The average molecular weight is 305 g/mol. The minimum absolute atomic E-state index is 0.0143. The molecular weight excluding hydrogens is 282 g/mol. The van der Waals surface area contributed by atoms with Crippen molar-refractivity contribution in [2.24, 2.45) is 17.8 Å². The molecule has 0 spiro atoms. The molecule has 4 unspecified atom stereocenters. The summed E-state index contributed by atoms with van der Waals surface area (Å²) >= 11 is 0. The Morgan fingerprint density at radius 2 is 2.18 bits per heavy atom. The van der Waals surface area contributed by atoms with Gasteiger partial charge in [-0.05, 0) is 43.6 Å². The van der Waals surface area contributed by atoms with Gasteiger partial charge in [-0.1, -0.05) is 0 Å². The third-order valence-corrected chi connectivity index (χ3v) is 5.05. The van der Waals surface area contributed by atoms with E-state index in [2.05, 4.69) is 10.4 Å².